The summed E-state index contributed by atoms with van der Waals surface area (Å²) < 4.78 is 18.1. The van der Waals surface area contributed by atoms with Crippen LogP contribution in [-0.4, -0.2) is 101 Å². The maximum Gasteiger partial charge on any atom is 0.306 e. The maximum atomic E-state index is 15.2. The third-order valence-electron chi connectivity index (χ3n) is 20.8. The number of ether oxygens (including phenoxy) is 3. The Hall–Kier alpha value is -3.77. The third kappa shape index (κ3) is 7.70. The van der Waals surface area contributed by atoms with E-state index in [1.165, 1.54) is 45.0 Å². The molecule has 11 atom stereocenters. The predicted octanol–water partition coefficient (Wildman–Crippen LogP) is 8.78. The first-order valence-electron chi connectivity index (χ1n) is 26.0. The highest BCUT2D eigenvalue weighted by atomic mass is 16.5. The zero-order valence-electron chi connectivity index (χ0n) is 41.7. The molecule has 1 amide bonds. The van der Waals surface area contributed by atoms with Crippen LogP contribution in [0, 0.1) is 56.7 Å². The number of Topliss-reactive ketones (excluding diaryl/α,β-unsaturated/α-hetero) is 1. The maximum absolute atomic E-state index is 15.2. The molecule has 1 aromatic heterocycles. The van der Waals surface area contributed by atoms with Gasteiger partial charge in [-0.05, 0) is 156 Å². The molecule has 67 heavy (non-hydrogen) atoms. The number of carbonyl (C=O) groups excluding carboxylic acids is 5. The van der Waals surface area contributed by atoms with E-state index in [9.17, 15) is 24.3 Å². The van der Waals surface area contributed by atoms with Gasteiger partial charge in [-0.3, -0.25) is 24.0 Å². The van der Waals surface area contributed by atoms with E-state index in [-0.39, 0.29) is 76.4 Å². The van der Waals surface area contributed by atoms with E-state index in [0.29, 0.717) is 47.6 Å². The van der Waals surface area contributed by atoms with Gasteiger partial charge in [-0.25, -0.2) is 0 Å². The number of piperidine rings is 2. The molecule has 7 fully saturated rings. The smallest absolute Gasteiger partial charge is 0.306 e. The topological polar surface area (TPSA) is 145 Å². The number of nitrogens with zero attached hydrogens (tertiary/aromatic N) is 3. The first-order valence-corrected chi connectivity index (χ1v) is 26.0. The number of aliphatic hydroxyl groups is 1. The van der Waals surface area contributed by atoms with Gasteiger partial charge in [0.15, 0.2) is 5.76 Å². The molecule has 12 heteroatoms. The molecule has 6 aliphatic carbocycles. The molecule has 0 aromatic carbocycles. The minimum Gasteiger partial charge on any atom is -0.492 e. The van der Waals surface area contributed by atoms with E-state index in [2.05, 4.69) is 51.0 Å². The lowest BCUT2D eigenvalue weighted by atomic mass is 9.32. The van der Waals surface area contributed by atoms with Gasteiger partial charge in [-0.1, -0.05) is 46.3 Å². The highest BCUT2D eigenvalue weighted by Crippen LogP contribution is 2.77. The van der Waals surface area contributed by atoms with Gasteiger partial charge in [0.05, 0.1) is 43.6 Å². The summed E-state index contributed by atoms with van der Waals surface area (Å²) in [5.41, 5.74) is 1.08. The molecular weight excluding hydrogens is 847 g/mol. The first-order chi connectivity index (χ1) is 31.8. The lowest BCUT2D eigenvalue weighted by Crippen LogP contribution is -2.68. The van der Waals surface area contributed by atoms with Crippen LogP contribution < -0.4 is 0 Å². The number of hydrogen-bond acceptors (Lipinski definition) is 10. The van der Waals surface area contributed by atoms with Crippen LogP contribution in [0.15, 0.2) is 30.2 Å². The van der Waals surface area contributed by atoms with Crippen LogP contribution >= 0.6 is 0 Å². The Bertz CT molecular complexity index is 2200. The normalized spacial score (nSPS) is 38.7. The summed E-state index contributed by atoms with van der Waals surface area (Å²) in [6, 6.07) is 0.615. The number of carbonyl (C=O) groups is 5. The van der Waals surface area contributed by atoms with Crippen molar-refractivity contribution in [2.75, 3.05) is 39.9 Å². The lowest BCUT2D eigenvalue weighted by molar-refractivity contribution is -0.254. The lowest BCUT2D eigenvalue weighted by Gasteiger charge is -2.73. The Balaban J connectivity index is 0.850. The largest absolute Gasteiger partial charge is 0.492 e. The number of likely N-dealkylation sites (tertiary alicyclic amines) is 2. The molecule has 0 bridgehead atoms. The number of aliphatic hydroxyl groups excluding tert-OH is 1. The van der Waals surface area contributed by atoms with E-state index >= 15 is 4.79 Å². The zero-order valence-corrected chi connectivity index (χ0v) is 41.7. The van der Waals surface area contributed by atoms with Crippen molar-refractivity contribution in [3.63, 3.8) is 0 Å². The fraction of sp³-hybridized carbons (Fsp3) is 0.764. The number of rotatable bonds is 11. The molecule has 1 N–H and O–H groups in total. The number of allylic oxidation sites excluding steroid dienone is 3. The zero-order chi connectivity index (χ0) is 47.8. The minimum atomic E-state index is -0.653. The van der Waals surface area contributed by atoms with Crippen LogP contribution in [-0.2, 0) is 42.2 Å². The van der Waals surface area contributed by atoms with Crippen molar-refractivity contribution in [2.24, 2.45) is 63.7 Å². The van der Waals surface area contributed by atoms with E-state index in [1.807, 2.05) is 0 Å². The Morgan fingerprint density at radius 2 is 1.51 bits per heavy atom. The monoisotopic (exact) mass is 926 g/mol. The minimum absolute atomic E-state index is 0.0518. The van der Waals surface area contributed by atoms with Crippen molar-refractivity contribution in [1.82, 2.24) is 14.4 Å². The number of methoxy groups -OCH3 is 1. The molecule has 0 spiro atoms. The molecule has 12 nitrogen and oxygen atoms in total. The predicted molar refractivity (Wildman–Crippen MR) is 253 cm³/mol. The molecular formula is C55H79N3O9. The summed E-state index contributed by atoms with van der Waals surface area (Å²) in [6.45, 7) is 20.6. The molecule has 2 saturated heterocycles. The molecule has 9 rings (SSSR count). The Kier molecular flexibility index (Phi) is 12.9. The number of aromatic nitrogens is 1. The average Bonchev–Trinajstić information content (AvgIpc) is 3.89. The van der Waals surface area contributed by atoms with Gasteiger partial charge in [-0.15, -0.1) is 0 Å². The molecule has 368 valence electrons. The van der Waals surface area contributed by atoms with Crippen LogP contribution in [0.1, 0.15) is 170 Å². The summed E-state index contributed by atoms with van der Waals surface area (Å²) in [7, 11) is 2.98. The molecule has 0 radical (unpaired) electrons. The van der Waals surface area contributed by atoms with Crippen LogP contribution in [0.2, 0.25) is 0 Å². The molecule has 1 aromatic rings. The second-order valence-corrected chi connectivity index (χ2v) is 23.7. The second kappa shape index (κ2) is 17.9. The fourth-order valence-electron chi connectivity index (χ4n) is 17.2. The van der Waals surface area contributed by atoms with Gasteiger partial charge in [0.2, 0.25) is 17.5 Å². The van der Waals surface area contributed by atoms with Gasteiger partial charge in [0.25, 0.3) is 0 Å². The number of aryl methyl sites for hydroxylation is 1. The van der Waals surface area contributed by atoms with Crippen LogP contribution in [0.3, 0.4) is 0 Å². The third-order valence-corrected chi connectivity index (χ3v) is 20.8. The standard InChI is InChI=1S/C55H79N3O9/c1-34(2)37-16-23-55(50(64)58-28-19-36(20-29-58)57-26-10-9-11-27-57)25-24-53(5)38(47(37)55)12-13-42-51(3)21-18-43(60)52(4,41(51)17-22-54(42,53)6)33-67-45(62)15-14-44(61)66-32-35-31-56(7)48-39(59)30-40(65-8)49(63)46(35)48/h30-31,36-38,41-43,47,60H,1,9-29,32-33H2,2-8H3/t37-,38+,41+,42+,43-,47+,51-,52-,53+,54+,55-/m0/s1. The second-order valence-electron chi connectivity index (χ2n) is 23.7. The van der Waals surface area contributed by atoms with Crippen molar-refractivity contribution in [2.45, 2.75) is 163 Å². The van der Waals surface area contributed by atoms with E-state index in [4.69, 9.17) is 14.2 Å². The van der Waals surface area contributed by atoms with Gasteiger partial charge in [0, 0.05) is 49.4 Å². The SMILES string of the molecule is C=C(C)[C@@H]1CC[C@]2(C(=O)N3CCC(N4CCCCC4)CC3)CC[C@]3(C)[C@H](CC[C@@H]4[C@@]5(C)CC[C@H](O)[C@@](C)(COC(=O)CCC(=O)OCc6cn(C)c7c6C(=O)C(OC)=CC7=O)[C@@H]5CC[C@]43C)[C@@H]12. The summed E-state index contributed by atoms with van der Waals surface area (Å²) in [4.78, 5) is 72.1. The fourth-order valence-corrected chi connectivity index (χ4v) is 17.2. The number of ketones is 2. The highest BCUT2D eigenvalue weighted by molar-refractivity contribution is 6.23. The summed E-state index contributed by atoms with van der Waals surface area (Å²) in [6.07, 6.45) is 17.7. The number of hydrogen-bond donors (Lipinski definition) is 1. The molecule has 0 unspecified atom stereocenters. The van der Waals surface area contributed by atoms with Gasteiger partial charge in [-0.2, -0.15) is 0 Å². The Morgan fingerprint density at radius 1 is 0.806 bits per heavy atom. The van der Waals surface area contributed by atoms with Crippen LogP contribution in [0.25, 0.3) is 0 Å². The van der Waals surface area contributed by atoms with Gasteiger partial charge < -0.3 is 33.7 Å². The van der Waals surface area contributed by atoms with Crippen molar-refractivity contribution in [1.29, 1.82) is 0 Å². The quantitative estimate of drug-likeness (QED) is 0.169. The molecule has 2 aliphatic heterocycles. The summed E-state index contributed by atoms with van der Waals surface area (Å²) in [5, 5.41) is 11.8. The summed E-state index contributed by atoms with van der Waals surface area (Å²) in [5.74, 6) is 0.125. The van der Waals surface area contributed by atoms with Crippen LogP contribution in [0.4, 0.5) is 0 Å². The van der Waals surface area contributed by atoms with Crippen molar-refractivity contribution in [3.8, 4) is 0 Å². The Labute approximate surface area is 398 Å². The van der Waals surface area contributed by atoms with Crippen molar-refractivity contribution >= 4 is 29.4 Å². The molecule has 5 saturated carbocycles. The number of amides is 1. The average molecular weight is 926 g/mol. The van der Waals surface area contributed by atoms with Gasteiger partial charge in [0.1, 0.15) is 12.3 Å². The highest BCUT2D eigenvalue weighted by Gasteiger charge is 2.72. The molecule has 8 aliphatic rings. The van der Waals surface area contributed by atoms with Crippen molar-refractivity contribution in [3.05, 3.63) is 47.0 Å². The van der Waals surface area contributed by atoms with E-state index in [1.54, 1.807) is 17.8 Å². The first kappa shape index (κ1) is 48.3. The Morgan fingerprint density at radius 3 is 2.19 bits per heavy atom. The van der Waals surface area contributed by atoms with E-state index < -0.39 is 29.2 Å². The van der Waals surface area contributed by atoms with Crippen molar-refractivity contribution < 1.29 is 43.3 Å². The van der Waals surface area contributed by atoms with Crippen LogP contribution in [0.5, 0.6) is 0 Å². The van der Waals surface area contributed by atoms with Gasteiger partial charge >= 0.3 is 11.9 Å². The van der Waals surface area contributed by atoms with E-state index in [0.717, 1.165) is 89.8 Å². The summed E-state index contributed by atoms with van der Waals surface area (Å²) >= 11 is 0. The number of esters is 2. The molecule has 3 heterocycles. The number of fused-ring (bicyclic) bond motifs is 8.